The SMILES string of the molecule is COc1cccc(C(=O)N(Cc2cc3cc(C)ccc3[nH]c2=O)C2CCCCC2)c1. The molecule has 1 heterocycles. The van der Waals surface area contributed by atoms with Crippen molar-refractivity contribution in [1.82, 2.24) is 9.88 Å². The van der Waals surface area contributed by atoms with Crippen molar-refractivity contribution >= 4 is 16.8 Å². The summed E-state index contributed by atoms with van der Waals surface area (Å²) in [5, 5.41) is 0.988. The molecule has 30 heavy (non-hydrogen) atoms. The summed E-state index contributed by atoms with van der Waals surface area (Å²) in [6.07, 6.45) is 5.37. The molecule has 1 aromatic heterocycles. The van der Waals surface area contributed by atoms with Crippen molar-refractivity contribution in [1.29, 1.82) is 0 Å². The first-order valence-electron chi connectivity index (χ1n) is 10.6. The molecule has 1 saturated carbocycles. The predicted molar refractivity (Wildman–Crippen MR) is 119 cm³/mol. The van der Waals surface area contributed by atoms with Gasteiger partial charge in [0.2, 0.25) is 0 Å². The molecular formula is C25H28N2O3. The Balaban J connectivity index is 1.71. The van der Waals surface area contributed by atoms with Gasteiger partial charge in [-0.15, -0.1) is 0 Å². The van der Waals surface area contributed by atoms with E-state index in [1.54, 1.807) is 13.2 Å². The number of aromatic amines is 1. The molecule has 1 fully saturated rings. The van der Waals surface area contributed by atoms with Crippen LogP contribution in [0.1, 0.15) is 53.6 Å². The molecule has 1 amide bonds. The predicted octanol–water partition coefficient (Wildman–Crippen LogP) is 4.82. The van der Waals surface area contributed by atoms with Crippen molar-refractivity contribution in [3.8, 4) is 5.75 Å². The fourth-order valence-corrected chi connectivity index (χ4v) is 4.35. The number of carbonyl (C=O) groups excluding carboxylic acids is 1. The maximum Gasteiger partial charge on any atom is 0.254 e. The van der Waals surface area contributed by atoms with E-state index in [0.29, 0.717) is 23.4 Å². The number of nitrogens with one attached hydrogen (secondary N) is 1. The highest BCUT2D eigenvalue weighted by Gasteiger charge is 2.27. The first kappa shape index (κ1) is 20.2. The number of fused-ring (bicyclic) bond motifs is 1. The number of nitrogens with zero attached hydrogens (tertiary/aromatic N) is 1. The Morgan fingerprint density at radius 1 is 1.10 bits per heavy atom. The Morgan fingerprint density at radius 3 is 2.67 bits per heavy atom. The standard InChI is InChI=1S/C25H28N2O3/c1-17-11-12-23-19(13-17)14-20(24(28)26-23)16-27(21-8-4-3-5-9-21)25(29)18-7-6-10-22(15-18)30-2/h6-7,10-15,21H,3-5,8-9,16H2,1-2H3,(H,26,28). The monoisotopic (exact) mass is 404 g/mol. The van der Waals surface area contributed by atoms with Gasteiger partial charge in [0.05, 0.1) is 13.7 Å². The normalized spacial score (nSPS) is 14.6. The van der Waals surface area contributed by atoms with Gasteiger partial charge < -0.3 is 14.6 Å². The van der Waals surface area contributed by atoms with E-state index >= 15 is 0 Å². The van der Waals surface area contributed by atoms with E-state index in [9.17, 15) is 9.59 Å². The number of methoxy groups -OCH3 is 1. The number of aromatic nitrogens is 1. The van der Waals surface area contributed by atoms with Gasteiger partial charge in [-0.25, -0.2) is 0 Å². The highest BCUT2D eigenvalue weighted by molar-refractivity contribution is 5.95. The lowest BCUT2D eigenvalue weighted by Crippen LogP contribution is -2.42. The summed E-state index contributed by atoms with van der Waals surface area (Å²) in [6.45, 7) is 2.34. The number of ether oxygens (including phenoxy) is 1. The molecule has 0 aliphatic heterocycles. The molecule has 0 bridgehead atoms. The van der Waals surface area contributed by atoms with Crippen LogP contribution in [-0.2, 0) is 6.54 Å². The minimum absolute atomic E-state index is 0.0514. The Labute approximate surface area is 176 Å². The molecule has 1 N–H and O–H groups in total. The van der Waals surface area contributed by atoms with Crippen molar-refractivity contribution in [3.05, 3.63) is 75.6 Å². The maximum atomic E-state index is 13.5. The summed E-state index contributed by atoms with van der Waals surface area (Å²) < 4.78 is 5.30. The number of benzene rings is 2. The first-order chi connectivity index (χ1) is 14.5. The van der Waals surface area contributed by atoms with Gasteiger partial charge >= 0.3 is 0 Å². The van der Waals surface area contributed by atoms with E-state index in [-0.39, 0.29) is 17.5 Å². The van der Waals surface area contributed by atoms with Crippen molar-refractivity contribution < 1.29 is 9.53 Å². The van der Waals surface area contributed by atoms with Gasteiger partial charge in [0.1, 0.15) is 5.75 Å². The van der Waals surface area contributed by atoms with E-state index in [2.05, 4.69) is 11.1 Å². The summed E-state index contributed by atoms with van der Waals surface area (Å²) >= 11 is 0. The van der Waals surface area contributed by atoms with Crippen molar-refractivity contribution in [2.45, 2.75) is 51.6 Å². The lowest BCUT2D eigenvalue weighted by Gasteiger charge is -2.34. The zero-order valence-electron chi connectivity index (χ0n) is 17.6. The van der Waals surface area contributed by atoms with E-state index in [0.717, 1.165) is 42.1 Å². The molecule has 0 unspecified atom stereocenters. The Kier molecular flexibility index (Phi) is 5.88. The van der Waals surface area contributed by atoms with Crippen molar-refractivity contribution in [2.75, 3.05) is 7.11 Å². The van der Waals surface area contributed by atoms with Gasteiger partial charge in [-0.1, -0.05) is 37.0 Å². The van der Waals surface area contributed by atoms with Gasteiger partial charge in [-0.3, -0.25) is 9.59 Å². The fraction of sp³-hybridized carbons (Fsp3) is 0.360. The molecule has 4 rings (SSSR count). The number of rotatable bonds is 5. The van der Waals surface area contributed by atoms with Crippen LogP contribution in [-0.4, -0.2) is 28.9 Å². The van der Waals surface area contributed by atoms with Crippen LogP contribution in [0.5, 0.6) is 5.75 Å². The summed E-state index contributed by atoms with van der Waals surface area (Å²) in [5.74, 6) is 0.605. The van der Waals surface area contributed by atoms with Crippen LogP contribution >= 0.6 is 0 Å². The summed E-state index contributed by atoms with van der Waals surface area (Å²) in [6, 6.07) is 15.3. The smallest absolute Gasteiger partial charge is 0.254 e. The van der Waals surface area contributed by atoms with Gasteiger partial charge in [0.15, 0.2) is 0 Å². The zero-order valence-corrected chi connectivity index (χ0v) is 17.6. The van der Waals surface area contributed by atoms with Crippen LogP contribution in [0.15, 0.2) is 53.3 Å². The second-order valence-corrected chi connectivity index (χ2v) is 8.17. The lowest BCUT2D eigenvalue weighted by atomic mass is 9.93. The third-order valence-corrected chi connectivity index (χ3v) is 6.01. The maximum absolute atomic E-state index is 13.5. The number of pyridine rings is 1. The summed E-state index contributed by atoms with van der Waals surface area (Å²) in [4.78, 5) is 31.2. The van der Waals surface area contributed by atoms with Crippen LogP contribution < -0.4 is 10.3 Å². The summed E-state index contributed by atoms with van der Waals surface area (Å²) in [7, 11) is 1.60. The Bertz CT molecular complexity index is 1110. The third-order valence-electron chi connectivity index (χ3n) is 6.01. The minimum Gasteiger partial charge on any atom is -0.497 e. The molecule has 1 aliphatic rings. The molecule has 2 aromatic carbocycles. The topological polar surface area (TPSA) is 62.4 Å². The molecule has 0 saturated heterocycles. The second kappa shape index (κ2) is 8.74. The van der Waals surface area contributed by atoms with Gasteiger partial charge in [0.25, 0.3) is 11.5 Å². The number of hydrogen-bond donors (Lipinski definition) is 1. The number of amides is 1. The Morgan fingerprint density at radius 2 is 1.90 bits per heavy atom. The molecule has 1 aliphatic carbocycles. The van der Waals surface area contributed by atoms with Crippen LogP contribution in [0.25, 0.3) is 10.9 Å². The molecule has 156 valence electrons. The van der Waals surface area contributed by atoms with Crippen molar-refractivity contribution in [3.63, 3.8) is 0 Å². The first-order valence-corrected chi connectivity index (χ1v) is 10.6. The molecule has 5 nitrogen and oxygen atoms in total. The minimum atomic E-state index is -0.134. The van der Waals surface area contributed by atoms with E-state index < -0.39 is 0 Å². The van der Waals surface area contributed by atoms with E-state index in [1.807, 2.05) is 48.2 Å². The van der Waals surface area contributed by atoms with E-state index in [1.165, 1.54) is 6.42 Å². The molecule has 0 spiro atoms. The van der Waals surface area contributed by atoms with Crippen LogP contribution in [0.2, 0.25) is 0 Å². The average molecular weight is 405 g/mol. The lowest BCUT2D eigenvalue weighted by molar-refractivity contribution is 0.0613. The van der Waals surface area contributed by atoms with Gasteiger partial charge in [-0.05, 0) is 61.5 Å². The molecule has 0 atom stereocenters. The molecule has 3 aromatic rings. The molecular weight excluding hydrogens is 376 g/mol. The summed E-state index contributed by atoms with van der Waals surface area (Å²) in [5.41, 5.74) is 3.03. The third kappa shape index (κ3) is 4.25. The fourth-order valence-electron chi connectivity index (χ4n) is 4.35. The number of hydrogen-bond acceptors (Lipinski definition) is 3. The second-order valence-electron chi connectivity index (χ2n) is 8.17. The van der Waals surface area contributed by atoms with Crippen molar-refractivity contribution in [2.24, 2.45) is 0 Å². The average Bonchev–Trinajstić information content (AvgIpc) is 2.78. The molecule has 5 heteroatoms. The quantitative estimate of drug-likeness (QED) is 0.663. The number of carbonyl (C=O) groups is 1. The van der Waals surface area contributed by atoms with Gasteiger partial charge in [0, 0.05) is 22.7 Å². The van der Waals surface area contributed by atoms with Gasteiger partial charge in [-0.2, -0.15) is 0 Å². The van der Waals surface area contributed by atoms with E-state index in [4.69, 9.17) is 4.74 Å². The zero-order chi connectivity index (χ0) is 21.1. The largest absolute Gasteiger partial charge is 0.497 e. The number of H-pyrrole nitrogens is 1. The van der Waals surface area contributed by atoms with Crippen LogP contribution in [0.4, 0.5) is 0 Å². The van der Waals surface area contributed by atoms with Crippen LogP contribution in [0, 0.1) is 6.92 Å². The van der Waals surface area contributed by atoms with Crippen LogP contribution in [0.3, 0.4) is 0 Å². The number of aryl methyl sites for hydroxylation is 1. The highest BCUT2D eigenvalue weighted by atomic mass is 16.5. The highest BCUT2D eigenvalue weighted by Crippen LogP contribution is 2.26. The Hall–Kier alpha value is -3.08. The molecule has 0 radical (unpaired) electrons.